The van der Waals surface area contributed by atoms with Crippen LogP contribution in [-0.2, 0) is 6.54 Å². The number of hydrogen-bond donors (Lipinski definition) is 1. The summed E-state index contributed by atoms with van der Waals surface area (Å²) < 4.78 is 296. The van der Waals surface area contributed by atoms with Crippen LogP contribution in [0, 0.1) is 116 Å². The van der Waals surface area contributed by atoms with E-state index in [0.717, 1.165) is 5.52 Å². The van der Waals surface area contributed by atoms with Gasteiger partial charge < -0.3 is 5.11 Å². The first kappa shape index (κ1) is 49.0. The SMILES string of the molecule is Fc1c(F)c(F)c([B-](c2c(F)c(F)c(F)c(F)c2F)(c2c(F)c(F)c(F)c(F)c2F)c2c(F)c(F)c(F)c(F)c2F)c(F)c1F.O=C(C[n+]1cccc2c(C(=O)O)cccc21)c1ccccc1. The number of aromatic nitrogens is 1. The summed E-state index contributed by atoms with van der Waals surface area (Å²) in [5, 5.41) is 9.88. The van der Waals surface area contributed by atoms with Gasteiger partial charge in [0.25, 0.3) is 0 Å². The number of carboxylic acid groups (broad SMARTS) is 1. The van der Waals surface area contributed by atoms with Crippen LogP contribution in [0.2, 0.25) is 0 Å². The average molecular weight is 971 g/mol. The van der Waals surface area contributed by atoms with Crippen molar-refractivity contribution >= 4 is 50.7 Å². The highest BCUT2D eigenvalue weighted by Gasteiger charge is 2.52. The van der Waals surface area contributed by atoms with Gasteiger partial charge in [-0.25, -0.2) is 92.6 Å². The van der Waals surface area contributed by atoms with Gasteiger partial charge in [-0.2, -0.15) is 4.57 Å². The molecule has 25 heteroatoms. The Morgan fingerprint density at radius 3 is 1.01 bits per heavy atom. The molecule has 0 amide bonds. The van der Waals surface area contributed by atoms with Crippen molar-refractivity contribution in [1.29, 1.82) is 0 Å². The van der Waals surface area contributed by atoms with Crippen LogP contribution in [0.5, 0.6) is 0 Å². The molecule has 1 heterocycles. The van der Waals surface area contributed by atoms with Crippen molar-refractivity contribution in [2.45, 2.75) is 6.54 Å². The molecule has 1 N–H and O–H groups in total. The highest BCUT2D eigenvalue weighted by Crippen LogP contribution is 2.31. The van der Waals surface area contributed by atoms with Crippen LogP contribution in [0.4, 0.5) is 87.8 Å². The fourth-order valence-corrected chi connectivity index (χ4v) is 7.37. The van der Waals surface area contributed by atoms with Crippen molar-refractivity contribution in [3.63, 3.8) is 0 Å². The largest absolute Gasteiger partial charge is 0.478 e. The molecule has 0 bridgehead atoms. The molecule has 0 aliphatic rings. The molecule has 0 spiro atoms. The number of carbonyl (C=O) groups excluding carboxylic acids is 1. The Hall–Kier alpha value is -7.47. The molecule has 7 aromatic rings. The number of ketones is 1. The van der Waals surface area contributed by atoms with Gasteiger partial charge in [-0.3, -0.25) is 4.79 Å². The minimum atomic E-state index is -7.22. The van der Waals surface area contributed by atoms with E-state index in [0.29, 0.717) is 10.9 Å². The molecule has 7 rings (SSSR count). The maximum absolute atomic E-state index is 15.4. The number of halogens is 20. The number of hydrogen-bond acceptors (Lipinski definition) is 2. The van der Waals surface area contributed by atoms with E-state index < -0.39 is 150 Å². The molecule has 1 aromatic heterocycles. The highest BCUT2D eigenvalue weighted by molar-refractivity contribution is 7.20. The topological polar surface area (TPSA) is 58.2 Å². The lowest BCUT2D eigenvalue weighted by molar-refractivity contribution is -0.657. The third-order valence-electron chi connectivity index (χ3n) is 10.3. The number of nitrogens with zero attached hydrogens (tertiary/aromatic N) is 1. The molecule has 348 valence electrons. The van der Waals surface area contributed by atoms with E-state index in [4.69, 9.17) is 0 Å². The van der Waals surface area contributed by atoms with Gasteiger partial charge in [-0.05, 0) is 12.1 Å². The summed E-state index contributed by atoms with van der Waals surface area (Å²) in [5.74, 6) is -72.4. The van der Waals surface area contributed by atoms with E-state index in [1.54, 1.807) is 47.2 Å². The molecule has 6 aromatic carbocycles. The third-order valence-corrected chi connectivity index (χ3v) is 10.3. The fourth-order valence-electron chi connectivity index (χ4n) is 7.37. The molecule has 0 atom stereocenters. The van der Waals surface area contributed by atoms with Gasteiger partial charge in [-0.15, -0.1) is 21.9 Å². The number of pyridine rings is 1. The van der Waals surface area contributed by atoms with E-state index >= 15 is 35.1 Å². The smallest absolute Gasteiger partial charge is 0.336 e. The highest BCUT2D eigenvalue weighted by atomic mass is 19.2. The number of carbonyl (C=O) groups is 2. The summed E-state index contributed by atoms with van der Waals surface area (Å²) in [4.78, 5) is 23.6. The van der Waals surface area contributed by atoms with Gasteiger partial charge in [0.15, 0.2) is 76.0 Å². The second-order valence-electron chi connectivity index (χ2n) is 13.8. The van der Waals surface area contributed by atoms with Crippen molar-refractivity contribution < 1.29 is 107 Å². The Bertz CT molecular complexity index is 2840. The number of benzene rings is 6. The van der Waals surface area contributed by atoms with Gasteiger partial charge >= 0.3 is 5.97 Å². The van der Waals surface area contributed by atoms with Crippen molar-refractivity contribution in [1.82, 2.24) is 0 Å². The Balaban J connectivity index is 0.000000279. The zero-order valence-corrected chi connectivity index (χ0v) is 31.9. The summed E-state index contributed by atoms with van der Waals surface area (Å²) >= 11 is 0. The Kier molecular flexibility index (Phi) is 13.2. The van der Waals surface area contributed by atoms with Crippen molar-refractivity contribution in [2.24, 2.45) is 0 Å². The fraction of sp³-hybridized carbons (Fsp3) is 0.0238. The molecule has 4 nitrogen and oxygen atoms in total. The molecule has 0 saturated carbocycles. The van der Waals surface area contributed by atoms with Crippen molar-refractivity contribution in [3.8, 4) is 0 Å². The molecular weight excluding hydrogens is 957 g/mol. The molecule has 0 saturated heterocycles. The monoisotopic (exact) mass is 971 g/mol. The minimum Gasteiger partial charge on any atom is -0.478 e. The minimum absolute atomic E-state index is 0.0150. The van der Waals surface area contributed by atoms with E-state index in [1.165, 1.54) is 0 Å². The zero-order chi connectivity index (χ0) is 49.9. The predicted octanol–water partition coefficient (Wildman–Crippen LogP) is 8.55. The van der Waals surface area contributed by atoms with Gasteiger partial charge in [0.1, 0.15) is 52.7 Å². The van der Waals surface area contributed by atoms with Crippen LogP contribution >= 0.6 is 0 Å². The van der Waals surface area contributed by atoms with E-state index in [-0.39, 0.29) is 17.9 Å². The number of carboxylic acids is 1. The Morgan fingerprint density at radius 1 is 0.388 bits per heavy atom. The van der Waals surface area contributed by atoms with Gasteiger partial charge in [0.2, 0.25) is 17.8 Å². The van der Waals surface area contributed by atoms with Gasteiger partial charge in [-0.1, -0.05) is 36.4 Å². The molecular formula is C42H14BF20NO3. The zero-order valence-electron chi connectivity index (χ0n) is 31.9. The normalized spacial score (nSPS) is 11.5. The number of aromatic carboxylic acids is 1. The molecule has 0 fully saturated rings. The maximum Gasteiger partial charge on any atom is 0.336 e. The van der Waals surface area contributed by atoms with Crippen LogP contribution in [0.3, 0.4) is 0 Å². The van der Waals surface area contributed by atoms with Crippen LogP contribution in [0.1, 0.15) is 20.7 Å². The summed E-state index contributed by atoms with van der Waals surface area (Å²) in [7, 11) is 0. The first-order chi connectivity index (χ1) is 31.4. The maximum atomic E-state index is 15.4. The molecule has 0 aliphatic heterocycles. The molecule has 0 radical (unpaired) electrons. The van der Waals surface area contributed by atoms with Gasteiger partial charge in [0.05, 0.1) is 10.9 Å². The lowest BCUT2D eigenvalue weighted by Crippen LogP contribution is -2.81. The van der Waals surface area contributed by atoms with Crippen molar-refractivity contribution in [2.75, 3.05) is 0 Å². The second kappa shape index (κ2) is 18.1. The van der Waals surface area contributed by atoms with Crippen LogP contribution in [-0.4, -0.2) is 23.0 Å². The third kappa shape index (κ3) is 7.64. The summed E-state index contributed by atoms with van der Waals surface area (Å²) in [6, 6.07) is 17.6. The molecule has 0 unspecified atom stereocenters. The summed E-state index contributed by atoms with van der Waals surface area (Å²) in [6.45, 7) is 0.171. The van der Waals surface area contributed by atoms with Crippen LogP contribution < -0.4 is 26.4 Å². The quantitative estimate of drug-likeness (QED) is 0.0415. The Labute approximate surface area is 358 Å². The lowest BCUT2D eigenvalue weighted by atomic mass is 9.12. The van der Waals surface area contributed by atoms with E-state index in [9.17, 15) is 67.4 Å². The van der Waals surface area contributed by atoms with Crippen LogP contribution in [0.15, 0.2) is 66.9 Å². The molecule has 67 heavy (non-hydrogen) atoms. The summed E-state index contributed by atoms with van der Waals surface area (Å²) in [6.07, 6.45) is -5.43. The molecule has 0 aliphatic carbocycles. The lowest BCUT2D eigenvalue weighted by Gasteiger charge is -2.44. The van der Waals surface area contributed by atoms with E-state index in [2.05, 4.69) is 0 Å². The van der Waals surface area contributed by atoms with Crippen molar-refractivity contribution in [3.05, 3.63) is 194 Å². The number of fused-ring (bicyclic) bond motifs is 1. The first-order valence-electron chi connectivity index (χ1n) is 17.8. The Morgan fingerprint density at radius 2 is 0.701 bits per heavy atom. The predicted molar refractivity (Wildman–Crippen MR) is 191 cm³/mol. The number of rotatable bonds is 8. The second-order valence-corrected chi connectivity index (χ2v) is 13.8. The van der Waals surface area contributed by atoms with E-state index in [1.807, 2.05) is 24.3 Å². The average Bonchev–Trinajstić information content (AvgIpc) is 3.31. The standard InChI is InChI=1S/C24BF20.C18H13NO3/c26-5-1(6(27)14(35)21(42)13(5)34)25(2-7(28)15(36)22(43)16(37)8(2)29,3-9(30)17(38)23(44)18(39)10(3)31)4-11(32)19(40)24(45)20(41)12(4)33;20-17(13-6-2-1-3-7-13)12-19-11-5-9-14-15(18(21)22)8-4-10-16(14)19/h;1-11H,12H2/q-1;/p+1. The van der Waals surface area contributed by atoms with Crippen LogP contribution in [0.25, 0.3) is 10.9 Å². The first-order valence-corrected chi connectivity index (χ1v) is 17.8. The summed E-state index contributed by atoms with van der Waals surface area (Å²) in [5.41, 5.74) is -12.7. The number of Topliss-reactive ketones (excluding diaryl/α,β-unsaturated/α-hetero) is 1. The van der Waals surface area contributed by atoms with Gasteiger partial charge in [0, 0.05) is 17.7 Å².